The molecule has 16 heavy (non-hydrogen) atoms. The molecule has 0 aliphatic carbocycles. The van der Waals surface area contributed by atoms with Crippen LogP contribution in [0, 0.1) is 0 Å². The predicted molar refractivity (Wildman–Crippen MR) is 58.5 cm³/mol. The van der Waals surface area contributed by atoms with E-state index in [9.17, 15) is 9.18 Å². The first-order valence-corrected chi connectivity index (χ1v) is 4.77. The molecular weight excluding hydrogens is 209 g/mol. The molecule has 0 aliphatic heterocycles. The van der Waals surface area contributed by atoms with Gasteiger partial charge in [0.25, 0.3) is 5.56 Å². The van der Waals surface area contributed by atoms with Gasteiger partial charge in [0.05, 0.1) is 0 Å². The fourth-order valence-corrected chi connectivity index (χ4v) is 1.43. The van der Waals surface area contributed by atoms with Crippen molar-refractivity contribution >= 4 is 0 Å². The van der Waals surface area contributed by atoms with Crippen molar-refractivity contribution in [2.24, 2.45) is 0 Å². The van der Waals surface area contributed by atoms with E-state index in [-0.39, 0.29) is 11.3 Å². The highest BCUT2D eigenvalue weighted by Crippen LogP contribution is 2.12. The van der Waals surface area contributed by atoms with Crippen LogP contribution in [0.2, 0.25) is 0 Å². The molecule has 82 valence electrons. The van der Waals surface area contributed by atoms with E-state index in [2.05, 4.69) is 0 Å². The molecule has 0 bridgehead atoms. The SMILES string of the molecule is O=c1ccc(CF)cn1-c1ccc(O)cc1. The van der Waals surface area contributed by atoms with Crippen LogP contribution in [0.3, 0.4) is 0 Å². The second-order valence-electron chi connectivity index (χ2n) is 3.40. The quantitative estimate of drug-likeness (QED) is 0.839. The van der Waals surface area contributed by atoms with Crippen LogP contribution in [-0.4, -0.2) is 9.67 Å². The first kappa shape index (κ1) is 10.4. The number of phenols is 1. The first-order chi connectivity index (χ1) is 7.70. The van der Waals surface area contributed by atoms with Crippen LogP contribution in [0.4, 0.5) is 4.39 Å². The van der Waals surface area contributed by atoms with Gasteiger partial charge < -0.3 is 5.11 Å². The summed E-state index contributed by atoms with van der Waals surface area (Å²) in [5.41, 5.74) is 0.800. The summed E-state index contributed by atoms with van der Waals surface area (Å²) in [7, 11) is 0. The van der Waals surface area contributed by atoms with Crippen molar-refractivity contribution in [1.29, 1.82) is 0 Å². The van der Waals surface area contributed by atoms with Gasteiger partial charge in [-0.1, -0.05) is 0 Å². The summed E-state index contributed by atoms with van der Waals surface area (Å²) in [5.74, 6) is 0.124. The summed E-state index contributed by atoms with van der Waals surface area (Å²) in [6.45, 7) is -0.613. The van der Waals surface area contributed by atoms with E-state index in [1.54, 1.807) is 12.1 Å². The molecule has 3 nitrogen and oxygen atoms in total. The highest BCUT2D eigenvalue weighted by molar-refractivity contribution is 5.37. The molecule has 0 radical (unpaired) electrons. The van der Waals surface area contributed by atoms with Gasteiger partial charge in [0.15, 0.2) is 0 Å². The van der Waals surface area contributed by atoms with Crippen LogP contribution in [-0.2, 0) is 6.67 Å². The predicted octanol–water partition coefficient (Wildman–Crippen LogP) is 2.01. The van der Waals surface area contributed by atoms with Crippen molar-refractivity contribution in [2.75, 3.05) is 0 Å². The molecule has 0 amide bonds. The Morgan fingerprint density at radius 1 is 1.12 bits per heavy atom. The van der Waals surface area contributed by atoms with E-state index in [0.717, 1.165) is 0 Å². The van der Waals surface area contributed by atoms with Crippen molar-refractivity contribution < 1.29 is 9.50 Å². The average molecular weight is 219 g/mol. The Labute approximate surface area is 91.4 Å². The number of benzene rings is 1. The molecule has 1 aromatic heterocycles. The highest BCUT2D eigenvalue weighted by Gasteiger charge is 2.01. The number of hydrogen-bond acceptors (Lipinski definition) is 2. The Balaban J connectivity index is 2.54. The Morgan fingerprint density at radius 3 is 2.44 bits per heavy atom. The minimum Gasteiger partial charge on any atom is -0.508 e. The van der Waals surface area contributed by atoms with Crippen LogP contribution in [0.1, 0.15) is 5.56 Å². The Bertz CT molecular complexity index is 546. The number of aromatic nitrogens is 1. The number of halogens is 1. The monoisotopic (exact) mass is 219 g/mol. The van der Waals surface area contributed by atoms with E-state index < -0.39 is 6.67 Å². The molecule has 0 aliphatic rings. The van der Waals surface area contributed by atoms with Gasteiger partial charge in [-0.3, -0.25) is 9.36 Å². The maximum atomic E-state index is 12.5. The summed E-state index contributed by atoms with van der Waals surface area (Å²) in [6, 6.07) is 8.92. The van der Waals surface area contributed by atoms with Crippen LogP contribution >= 0.6 is 0 Å². The van der Waals surface area contributed by atoms with E-state index in [1.807, 2.05) is 0 Å². The molecule has 2 rings (SSSR count). The Hall–Kier alpha value is -2.10. The normalized spacial score (nSPS) is 10.3. The number of hydrogen-bond donors (Lipinski definition) is 1. The molecule has 1 N–H and O–H groups in total. The average Bonchev–Trinajstić information content (AvgIpc) is 2.31. The second kappa shape index (κ2) is 4.18. The number of alkyl halides is 1. The van der Waals surface area contributed by atoms with Crippen LogP contribution in [0.15, 0.2) is 47.4 Å². The third kappa shape index (κ3) is 1.95. The summed E-state index contributed by atoms with van der Waals surface area (Å²) in [5, 5.41) is 9.13. The number of aromatic hydroxyl groups is 1. The number of rotatable bonds is 2. The molecule has 0 saturated heterocycles. The smallest absolute Gasteiger partial charge is 0.255 e. The zero-order valence-electron chi connectivity index (χ0n) is 8.43. The number of phenolic OH excluding ortho intramolecular Hbond substituents is 1. The van der Waals surface area contributed by atoms with Crippen molar-refractivity contribution in [2.45, 2.75) is 6.67 Å². The van der Waals surface area contributed by atoms with E-state index in [0.29, 0.717) is 11.3 Å². The third-order valence-electron chi connectivity index (χ3n) is 2.25. The minimum absolute atomic E-state index is 0.124. The fourth-order valence-electron chi connectivity index (χ4n) is 1.43. The van der Waals surface area contributed by atoms with Crippen molar-refractivity contribution in [3.63, 3.8) is 0 Å². The summed E-state index contributed by atoms with van der Waals surface area (Å²) in [6.07, 6.45) is 1.45. The van der Waals surface area contributed by atoms with Crippen molar-refractivity contribution in [3.05, 3.63) is 58.5 Å². The zero-order valence-corrected chi connectivity index (χ0v) is 8.43. The lowest BCUT2D eigenvalue weighted by Crippen LogP contribution is -2.16. The molecule has 2 aromatic rings. The van der Waals surface area contributed by atoms with Gasteiger partial charge in [-0.2, -0.15) is 0 Å². The Kier molecular flexibility index (Phi) is 2.72. The maximum absolute atomic E-state index is 12.5. The minimum atomic E-state index is -0.613. The van der Waals surface area contributed by atoms with Gasteiger partial charge in [-0.05, 0) is 35.9 Å². The lowest BCUT2D eigenvalue weighted by molar-refractivity contribution is 0.475. The molecule has 0 saturated carbocycles. The molecule has 0 unspecified atom stereocenters. The fraction of sp³-hybridized carbons (Fsp3) is 0.0833. The maximum Gasteiger partial charge on any atom is 0.255 e. The largest absolute Gasteiger partial charge is 0.508 e. The molecule has 1 aromatic carbocycles. The van der Waals surface area contributed by atoms with Gasteiger partial charge in [0, 0.05) is 18.0 Å². The standard InChI is InChI=1S/C12H10FNO2/c13-7-9-1-6-12(16)14(8-9)10-2-4-11(15)5-3-10/h1-6,8,15H,7H2. The van der Waals surface area contributed by atoms with Crippen molar-refractivity contribution in [3.8, 4) is 11.4 Å². The summed E-state index contributed by atoms with van der Waals surface area (Å²) < 4.78 is 13.8. The Morgan fingerprint density at radius 2 is 1.81 bits per heavy atom. The van der Waals surface area contributed by atoms with E-state index in [4.69, 9.17) is 5.11 Å². The topological polar surface area (TPSA) is 42.2 Å². The molecule has 0 spiro atoms. The van der Waals surface area contributed by atoms with Crippen LogP contribution < -0.4 is 5.56 Å². The van der Waals surface area contributed by atoms with Gasteiger partial charge >= 0.3 is 0 Å². The first-order valence-electron chi connectivity index (χ1n) is 4.77. The van der Waals surface area contributed by atoms with Gasteiger partial charge in [-0.25, -0.2) is 4.39 Å². The molecule has 1 heterocycles. The van der Waals surface area contributed by atoms with Gasteiger partial charge in [0.2, 0.25) is 0 Å². The van der Waals surface area contributed by atoms with Gasteiger partial charge in [-0.15, -0.1) is 0 Å². The van der Waals surface area contributed by atoms with E-state index >= 15 is 0 Å². The van der Waals surface area contributed by atoms with Crippen molar-refractivity contribution in [1.82, 2.24) is 4.57 Å². The number of pyridine rings is 1. The lowest BCUT2D eigenvalue weighted by Gasteiger charge is -2.06. The molecular formula is C12H10FNO2. The van der Waals surface area contributed by atoms with Gasteiger partial charge in [0.1, 0.15) is 12.4 Å². The van der Waals surface area contributed by atoms with Crippen LogP contribution in [0.25, 0.3) is 5.69 Å². The number of nitrogens with zero attached hydrogens (tertiary/aromatic N) is 1. The molecule has 4 heteroatoms. The zero-order chi connectivity index (χ0) is 11.5. The second-order valence-corrected chi connectivity index (χ2v) is 3.40. The van der Waals surface area contributed by atoms with Crippen LogP contribution in [0.5, 0.6) is 5.75 Å². The highest BCUT2D eigenvalue weighted by atomic mass is 19.1. The molecule has 0 atom stereocenters. The summed E-state index contributed by atoms with van der Waals surface area (Å²) >= 11 is 0. The summed E-state index contributed by atoms with van der Waals surface area (Å²) in [4.78, 5) is 11.6. The molecule has 0 fully saturated rings. The third-order valence-corrected chi connectivity index (χ3v) is 2.25. The van der Waals surface area contributed by atoms with E-state index in [1.165, 1.54) is 35.0 Å². The lowest BCUT2D eigenvalue weighted by atomic mass is 10.2.